The van der Waals surface area contributed by atoms with E-state index in [1.165, 1.54) is 5.56 Å². The Kier molecular flexibility index (Phi) is 2.77. The van der Waals surface area contributed by atoms with Gasteiger partial charge in [0, 0.05) is 11.8 Å². The summed E-state index contributed by atoms with van der Waals surface area (Å²) in [5.41, 5.74) is 4.19. The summed E-state index contributed by atoms with van der Waals surface area (Å²) in [5.74, 6) is 0.772. The minimum absolute atomic E-state index is 0.112. The Morgan fingerprint density at radius 3 is 2.41 bits per heavy atom. The Balaban J connectivity index is 2.51. The molecule has 0 saturated carbocycles. The lowest BCUT2D eigenvalue weighted by molar-refractivity contribution is 0.425. The van der Waals surface area contributed by atoms with Gasteiger partial charge in [0.25, 0.3) is 0 Å². The predicted molar refractivity (Wildman–Crippen MR) is 67.9 cm³/mol. The normalized spacial score (nSPS) is 11.8. The van der Waals surface area contributed by atoms with Gasteiger partial charge in [-0.2, -0.15) is 0 Å². The standard InChI is InChI=1S/C14H18N2O/c1-9-10(2)16-17-13(9)12-8-11(6-7-15-12)14(3,4)5/h6-8H,1-5H3. The maximum absolute atomic E-state index is 5.34. The van der Waals surface area contributed by atoms with Crippen molar-refractivity contribution in [1.29, 1.82) is 0 Å². The minimum atomic E-state index is 0.112. The molecule has 0 unspecified atom stereocenters. The third kappa shape index (κ3) is 2.23. The van der Waals surface area contributed by atoms with Crippen LogP contribution in [0.5, 0.6) is 0 Å². The van der Waals surface area contributed by atoms with Crippen LogP contribution in [-0.2, 0) is 5.41 Å². The van der Waals surface area contributed by atoms with Gasteiger partial charge in [-0.3, -0.25) is 4.98 Å². The Bertz CT molecular complexity index is 535. The number of rotatable bonds is 1. The van der Waals surface area contributed by atoms with Gasteiger partial charge in [0.1, 0.15) is 5.69 Å². The first-order valence-corrected chi connectivity index (χ1v) is 5.79. The van der Waals surface area contributed by atoms with Crippen LogP contribution in [0.3, 0.4) is 0 Å². The quantitative estimate of drug-likeness (QED) is 0.750. The number of aromatic nitrogens is 2. The molecule has 0 amide bonds. The first-order chi connectivity index (χ1) is 7.89. The van der Waals surface area contributed by atoms with Crippen LogP contribution >= 0.6 is 0 Å². The zero-order valence-electron chi connectivity index (χ0n) is 11.0. The van der Waals surface area contributed by atoms with Crippen molar-refractivity contribution in [2.75, 3.05) is 0 Å². The lowest BCUT2D eigenvalue weighted by Crippen LogP contribution is -2.11. The second-order valence-corrected chi connectivity index (χ2v) is 5.40. The largest absolute Gasteiger partial charge is 0.354 e. The van der Waals surface area contributed by atoms with Gasteiger partial charge in [-0.25, -0.2) is 0 Å². The van der Waals surface area contributed by atoms with Gasteiger partial charge in [0.2, 0.25) is 0 Å². The van der Waals surface area contributed by atoms with Crippen LogP contribution in [0.1, 0.15) is 37.6 Å². The molecule has 90 valence electrons. The van der Waals surface area contributed by atoms with Crippen LogP contribution in [0.2, 0.25) is 0 Å². The lowest BCUT2D eigenvalue weighted by Gasteiger charge is -2.18. The summed E-state index contributed by atoms with van der Waals surface area (Å²) >= 11 is 0. The smallest absolute Gasteiger partial charge is 0.188 e. The van der Waals surface area contributed by atoms with Crippen LogP contribution in [-0.4, -0.2) is 10.1 Å². The third-order valence-corrected chi connectivity index (χ3v) is 3.02. The number of hydrogen-bond acceptors (Lipinski definition) is 3. The molecule has 0 N–H and O–H groups in total. The fourth-order valence-electron chi connectivity index (χ4n) is 1.68. The Morgan fingerprint density at radius 1 is 1.18 bits per heavy atom. The molecule has 2 aromatic heterocycles. The highest BCUT2D eigenvalue weighted by Crippen LogP contribution is 2.28. The van der Waals surface area contributed by atoms with Gasteiger partial charge in [-0.15, -0.1) is 0 Å². The fraction of sp³-hybridized carbons (Fsp3) is 0.429. The van der Waals surface area contributed by atoms with Gasteiger partial charge in [-0.1, -0.05) is 25.9 Å². The summed E-state index contributed by atoms with van der Waals surface area (Å²) in [4.78, 5) is 4.36. The van der Waals surface area contributed by atoms with E-state index in [9.17, 15) is 0 Å². The molecule has 0 aliphatic rings. The summed E-state index contributed by atoms with van der Waals surface area (Å²) in [5, 5.41) is 3.97. The first-order valence-electron chi connectivity index (χ1n) is 5.79. The average molecular weight is 230 g/mol. The molecule has 0 saturated heterocycles. The molecule has 2 rings (SSSR count). The van der Waals surface area contributed by atoms with E-state index >= 15 is 0 Å². The highest BCUT2D eigenvalue weighted by molar-refractivity contribution is 5.58. The molecule has 0 aliphatic heterocycles. The van der Waals surface area contributed by atoms with Crippen molar-refractivity contribution in [3.63, 3.8) is 0 Å². The Hall–Kier alpha value is -1.64. The molecule has 0 bridgehead atoms. The average Bonchev–Trinajstić information content (AvgIpc) is 2.59. The van der Waals surface area contributed by atoms with E-state index in [0.29, 0.717) is 0 Å². The fourth-order valence-corrected chi connectivity index (χ4v) is 1.68. The van der Waals surface area contributed by atoms with Gasteiger partial charge < -0.3 is 4.52 Å². The zero-order chi connectivity index (χ0) is 12.6. The van der Waals surface area contributed by atoms with Crippen molar-refractivity contribution < 1.29 is 4.52 Å². The maximum atomic E-state index is 5.34. The summed E-state index contributed by atoms with van der Waals surface area (Å²) in [6.45, 7) is 10.5. The highest BCUT2D eigenvalue weighted by atomic mass is 16.5. The summed E-state index contributed by atoms with van der Waals surface area (Å²) in [6.07, 6.45) is 1.83. The van der Waals surface area contributed by atoms with Gasteiger partial charge >= 0.3 is 0 Å². The van der Waals surface area contributed by atoms with E-state index in [4.69, 9.17) is 4.52 Å². The monoisotopic (exact) mass is 230 g/mol. The van der Waals surface area contributed by atoms with Crippen molar-refractivity contribution >= 4 is 0 Å². The van der Waals surface area contributed by atoms with Crippen molar-refractivity contribution in [3.05, 3.63) is 35.2 Å². The van der Waals surface area contributed by atoms with Gasteiger partial charge in [0.15, 0.2) is 5.76 Å². The van der Waals surface area contributed by atoms with E-state index in [-0.39, 0.29) is 5.41 Å². The molecule has 17 heavy (non-hydrogen) atoms. The molecule has 3 nitrogen and oxygen atoms in total. The molecule has 0 aromatic carbocycles. The molecule has 0 fully saturated rings. The third-order valence-electron chi connectivity index (χ3n) is 3.02. The molecule has 3 heteroatoms. The highest BCUT2D eigenvalue weighted by Gasteiger charge is 2.17. The van der Waals surface area contributed by atoms with Crippen molar-refractivity contribution in [1.82, 2.24) is 10.1 Å². The zero-order valence-corrected chi connectivity index (χ0v) is 11.0. The van der Waals surface area contributed by atoms with Gasteiger partial charge in [0.05, 0.1) is 5.69 Å². The number of hydrogen-bond donors (Lipinski definition) is 0. The maximum Gasteiger partial charge on any atom is 0.188 e. The number of pyridine rings is 1. The second-order valence-electron chi connectivity index (χ2n) is 5.40. The molecular weight excluding hydrogens is 212 g/mol. The molecule has 0 radical (unpaired) electrons. The van der Waals surface area contributed by atoms with Crippen LogP contribution in [0, 0.1) is 13.8 Å². The van der Waals surface area contributed by atoms with Crippen molar-refractivity contribution in [3.8, 4) is 11.5 Å². The predicted octanol–water partition coefficient (Wildman–Crippen LogP) is 3.65. The van der Waals surface area contributed by atoms with Crippen LogP contribution < -0.4 is 0 Å². The SMILES string of the molecule is Cc1noc(-c2cc(C(C)(C)C)ccn2)c1C. The van der Waals surface area contributed by atoms with E-state index in [1.54, 1.807) is 0 Å². The number of aryl methyl sites for hydroxylation is 1. The minimum Gasteiger partial charge on any atom is -0.354 e. The van der Waals surface area contributed by atoms with E-state index < -0.39 is 0 Å². The topological polar surface area (TPSA) is 38.9 Å². The van der Waals surface area contributed by atoms with Crippen LogP contribution in [0.4, 0.5) is 0 Å². The van der Waals surface area contributed by atoms with E-state index in [2.05, 4.69) is 37.0 Å². The molecule has 2 heterocycles. The molecule has 2 aromatic rings. The van der Waals surface area contributed by atoms with Crippen molar-refractivity contribution in [2.24, 2.45) is 0 Å². The first kappa shape index (κ1) is 11.8. The Labute approximate surface area is 102 Å². The number of nitrogens with zero attached hydrogens (tertiary/aromatic N) is 2. The second kappa shape index (κ2) is 3.99. The summed E-state index contributed by atoms with van der Waals surface area (Å²) < 4.78 is 5.34. The van der Waals surface area contributed by atoms with E-state index in [0.717, 1.165) is 22.7 Å². The molecular formula is C14H18N2O. The summed E-state index contributed by atoms with van der Waals surface area (Å²) in [7, 11) is 0. The summed E-state index contributed by atoms with van der Waals surface area (Å²) in [6, 6.07) is 4.12. The Morgan fingerprint density at radius 2 is 1.88 bits per heavy atom. The van der Waals surface area contributed by atoms with E-state index in [1.807, 2.05) is 26.1 Å². The van der Waals surface area contributed by atoms with Crippen molar-refractivity contribution in [2.45, 2.75) is 40.0 Å². The lowest BCUT2D eigenvalue weighted by atomic mass is 9.87. The van der Waals surface area contributed by atoms with Crippen LogP contribution in [0.15, 0.2) is 22.9 Å². The molecule has 0 atom stereocenters. The van der Waals surface area contributed by atoms with Gasteiger partial charge in [-0.05, 0) is 37.0 Å². The van der Waals surface area contributed by atoms with Crippen LogP contribution in [0.25, 0.3) is 11.5 Å². The molecule has 0 aliphatic carbocycles. The molecule has 0 spiro atoms.